The predicted molar refractivity (Wildman–Crippen MR) is 71.9 cm³/mol. The van der Waals surface area contributed by atoms with Crippen molar-refractivity contribution in [2.24, 2.45) is 0 Å². The Bertz CT molecular complexity index is 723. The molecule has 0 unspecified atom stereocenters. The molecule has 0 saturated heterocycles. The van der Waals surface area contributed by atoms with Gasteiger partial charge in [-0.2, -0.15) is 13.2 Å². The summed E-state index contributed by atoms with van der Waals surface area (Å²) in [7, 11) is 0.833. The molecule has 2 rings (SSSR count). The van der Waals surface area contributed by atoms with E-state index < -0.39 is 29.2 Å². The molecule has 1 heterocycles. The average molecular weight is 314 g/mol. The molecule has 5 nitrogen and oxygen atoms in total. The number of carbonyl (C=O) groups is 2. The van der Waals surface area contributed by atoms with Gasteiger partial charge in [0, 0.05) is 29.6 Å². The molecule has 0 aliphatic carbocycles. The number of aromatic nitrogens is 1. The first kappa shape index (κ1) is 15.9. The van der Waals surface area contributed by atoms with Crippen LogP contribution in [0.25, 0.3) is 10.9 Å². The van der Waals surface area contributed by atoms with Gasteiger partial charge in [-0.3, -0.25) is 4.79 Å². The SMILES string of the molecule is COC(=O)[C@@](NC(C)=O)(c1c[nH]c2ccccc12)C(F)(F)F. The highest BCUT2D eigenvalue weighted by Crippen LogP contribution is 2.42. The van der Waals surface area contributed by atoms with Gasteiger partial charge < -0.3 is 15.0 Å². The summed E-state index contributed by atoms with van der Waals surface area (Å²) in [6.45, 7) is 0.901. The Morgan fingerprint density at radius 2 is 1.86 bits per heavy atom. The summed E-state index contributed by atoms with van der Waals surface area (Å²) >= 11 is 0. The largest absolute Gasteiger partial charge is 0.467 e. The minimum Gasteiger partial charge on any atom is -0.467 e. The molecule has 1 atom stereocenters. The molecule has 0 aliphatic heterocycles. The molecule has 22 heavy (non-hydrogen) atoms. The van der Waals surface area contributed by atoms with E-state index in [0.29, 0.717) is 5.52 Å². The van der Waals surface area contributed by atoms with E-state index in [0.717, 1.165) is 20.2 Å². The van der Waals surface area contributed by atoms with Crippen LogP contribution in [0.15, 0.2) is 30.5 Å². The van der Waals surface area contributed by atoms with Crippen molar-refractivity contribution in [3.63, 3.8) is 0 Å². The highest BCUT2D eigenvalue weighted by molar-refractivity contribution is 5.96. The fourth-order valence-corrected chi connectivity index (χ4v) is 2.37. The van der Waals surface area contributed by atoms with Crippen molar-refractivity contribution >= 4 is 22.8 Å². The van der Waals surface area contributed by atoms with Crippen molar-refractivity contribution in [1.82, 2.24) is 10.3 Å². The standard InChI is InChI=1S/C14H13F3N2O3/c1-8(20)19-13(12(21)22-2,14(15,16)17)10-7-18-11-6-4-3-5-9(10)11/h3-7,18H,1-2H3,(H,19,20)/t13-/m0/s1. The number of benzene rings is 1. The molecule has 8 heteroatoms. The normalized spacial score (nSPS) is 14.4. The highest BCUT2D eigenvalue weighted by Gasteiger charge is 2.64. The summed E-state index contributed by atoms with van der Waals surface area (Å²) in [5.41, 5.74) is -3.29. The van der Waals surface area contributed by atoms with Crippen molar-refractivity contribution in [1.29, 1.82) is 0 Å². The zero-order valence-corrected chi connectivity index (χ0v) is 11.7. The Balaban J connectivity index is 2.82. The van der Waals surface area contributed by atoms with Gasteiger partial charge >= 0.3 is 12.1 Å². The Hall–Kier alpha value is -2.51. The molecule has 0 fully saturated rings. The van der Waals surface area contributed by atoms with Gasteiger partial charge in [-0.1, -0.05) is 18.2 Å². The summed E-state index contributed by atoms with van der Waals surface area (Å²) in [5.74, 6) is -2.62. The number of carbonyl (C=O) groups excluding carboxylic acids is 2. The van der Waals surface area contributed by atoms with Gasteiger partial charge in [0.1, 0.15) is 0 Å². The van der Waals surface area contributed by atoms with Crippen LogP contribution >= 0.6 is 0 Å². The van der Waals surface area contributed by atoms with Gasteiger partial charge in [0.25, 0.3) is 5.54 Å². The van der Waals surface area contributed by atoms with Gasteiger partial charge in [0.15, 0.2) is 0 Å². The van der Waals surface area contributed by atoms with Crippen molar-refractivity contribution in [3.05, 3.63) is 36.0 Å². The number of aromatic amines is 1. The van der Waals surface area contributed by atoms with Crippen LogP contribution in [0, 0.1) is 0 Å². The number of alkyl halides is 3. The van der Waals surface area contributed by atoms with E-state index in [1.807, 2.05) is 0 Å². The fourth-order valence-electron chi connectivity index (χ4n) is 2.37. The Kier molecular flexibility index (Phi) is 3.87. The molecular formula is C14H13F3N2O3. The maximum atomic E-state index is 13.7. The van der Waals surface area contributed by atoms with E-state index in [2.05, 4.69) is 9.72 Å². The van der Waals surface area contributed by atoms with Crippen molar-refractivity contribution in [3.8, 4) is 0 Å². The second-order valence-corrected chi connectivity index (χ2v) is 4.67. The van der Waals surface area contributed by atoms with Crippen LogP contribution in [0.4, 0.5) is 13.2 Å². The number of rotatable bonds is 3. The lowest BCUT2D eigenvalue weighted by atomic mass is 9.88. The summed E-state index contributed by atoms with van der Waals surface area (Å²) < 4.78 is 45.5. The Morgan fingerprint density at radius 3 is 2.41 bits per heavy atom. The second-order valence-electron chi connectivity index (χ2n) is 4.67. The number of H-pyrrole nitrogens is 1. The first-order chi connectivity index (χ1) is 10.2. The third-order valence-corrected chi connectivity index (χ3v) is 3.27. The topological polar surface area (TPSA) is 71.2 Å². The van der Waals surface area contributed by atoms with E-state index in [1.54, 1.807) is 17.4 Å². The number of para-hydroxylation sites is 1. The van der Waals surface area contributed by atoms with Crippen molar-refractivity contribution in [2.45, 2.75) is 18.6 Å². The van der Waals surface area contributed by atoms with Crippen molar-refractivity contribution in [2.75, 3.05) is 7.11 Å². The Labute approximate surface area is 123 Å². The lowest BCUT2D eigenvalue weighted by Crippen LogP contribution is -2.61. The highest BCUT2D eigenvalue weighted by atomic mass is 19.4. The molecule has 0 bridgehead atoms. The van der Waals surface area contributed by atoms with E-state index in [1.165, 1.54) is 12.1 Å². The third-order valence-electron chi connectivity index (χ3n) is 3.27. The quantitative estimate of drug-likeness (QED) is 0.854. The zero-order chi connectivity index (χ0) is 16.5. The summed E-state index contributed by atoms with van der Waals surface area (Å²) in [6.07, 6.45) is -4.04. The molecule has 1 aromatic heterocycles. The molecular weight excluding hydrogens is 301 g/mol. The maximum absolute atomic E-state index is 13.7. The van der Waals surface area contributed by atoms with Gasteiger partial charge in [0.05, 0.1) is 7.11 Å². The lowest BCUT2D eigenvalue weighted by Gasteiger charge is -2.33. The number of nitrogens with one attached hydrogen (secondary N) is 2. The molecule has 1 amide bonds. The molecule has 1 aromatic carbocycles. The summed E-state index contributed by atoms with van der Waals surface area (Å²) in [4.78, 5) is 26.0. The van der Waals surface area contributed by atoms with Crippen molar-refractivity contribution < 1.29 is 27.5 Å². The van der Waals surface area contributed by atoms with Gasteiger partial charge in [-0.25, -0.2) is 4.79 Å². The van der Waals surface area contributed by atoms with Gasteiger partial charge in [-0.15, -0.1) is 0 Å². The van der Waals surface area contributed by atoms with Crippen LogP contribution in [0.5, 0.6) is 0 Å². The molecule has 0 spiro atoms. The molecule has 2 aromatic rings. The van der Waals surface area contributed by atoms with Gasteiger partial charge in [-0.05, 0) is 6.07 Å². The third kappa shape index (κ3) is 2.30. The molecule has 2 N–H and O–H groups in total. The number of ether oxygens (including phenoxy) is 1. The smallest absolute Gasteiger partial charge is 0.426 e. The minimum atomic E-state index is -5.09. The number of hydrogen-bond acceptors (Lipinski definition) is 3. The fraction of sp³-hybridized carbons (Fsp3) is 0.286. The summed E-state index contributed by atoms with van der Waals surface area (Å²) in [5, 5.41) is 1.89. The van der Waals surface area contributed by atoms with E-state index in [-0.39, 0.29) is 5.39 Å². The first-order valence-corrected chi connectivity index (χ1v) is 6.24. The van der Waals surface area contributed by atoms with Crippen LogP contribution in [-0.2, 0) is 19.9 Å². The predicted octanol–water partition coefficient (Wildman–Crippen LogP) is 2.23. The maximum Gasteiger partial charge on any atom is 0.426 e. The first-order valence-electron chi connectivity index (χ1n) is 6.24. The molecule has 0 aliphatic rings. The van der Waals surface area contributed by atoms with E-state index in [9.17, 15) is 22.8 Å². The number of methoxy groups -OCH3 is 1. The number of halogens is 3. The molecule has 0 radical (unpaired) electrons. The van der Waals surface area contributed by atoms with Gasteiger partial charge in [0.2, 0.25) is 5.91 Å². The number of esters is 1. The lowest BCUT2D eigenvalue weighted by molar-refractivity contribution is -0.215. The van der Waals surface area contributed by atoms with E-state index in [4.69, 9.17) is 0 Å². The Morgan fingerprint density at radius 1 is 1.23 bits per heavy atom. The van der Waals surface area contributed by atoms with E-state index >= 15 is 0 Å². The zero-order valence-electron chi connectivity index (χ0n) is 11.7. The molecule has 0 saturated carbocycles. The minimum absolute atomic E-state index is 0.166. The van der Waals surface area contributed by atoms with Crippen LogP contribution in [0.3, 0.4) is 0 Å². The van der Waals surface area contributed by atoms with Crippen LogP contribution in [0.2, 0.25) is 0 Å². The monoisotopic (exact) mass is 314 g/mol. The number of fused-ring (bicyclic) bond motifs is 1. The summed E-state index contributed by atoms with van der Waals surface area (Å²) in [6, 6.07) is 6.15. The van der Waals surface area contributed by atoms with Crippen LogP contribution in [-0.4, -0.2) is 30.1 Å². The molecule has 118 valence electrons. The average Bonchev–Trinajstić information content (AvgIpc) is 2.86. The van der Waals surface area contributed by atoms with Crippen LogP contribution < -0.4 is 5.32 Å². The van der Waals surface area contributed by atoms with Crippen LogP contribution in [0.1, 0.15) is 12.5 Å². The number of amides is 1. The second kappa shape index (κ2) is 5.36. The number of hydrogen-bond donors (Lipinski definition) is 2.